The zero-order valence-electron chi connectivity index (χ0n) is 34.7. The first-order valence-corrected chi connectivity index (χ1v) is 21.8. The van der Waals surface area contributed by atoms with Crippen LogP contribution in [-0.4, -0.2) is 62.4 Å². The summed E-state index contributed by atoms with van der Waals surface area (Å²) in [5.41, 5.74) is 4.16. The van der Waals surface area contributed by atoms with Crippen molar-refractivity contribution in [3.63, 3.8) is 0 Å². The van der Waals surface area contributed by atoms with E-state index in [1.807, 2.05) is 0 Å². The van der Waals surface area contributed by atoms with Gasteiger partial charge in [-0.2, -0.15) is 0 Å². The average molecular weight is 761 g/mol. The van der Waals surface area contributed by atoms with Crippen LogP contribution in [0.15, 0.2) is 48.6 Å². The van der Waals surface area contributed by atoms with E-state index in [1.165, 1.54) is 64.2 Å². The van der Waals surface area contributed by atoms with Gasteiger partial charge < -0.3 is 29.2 Å². The number of hydrogen-bond donors (Lipinski definition) is 2. The highest BCUT2D eigenvalue weighted by Gasteiger charge is 2.40. The average Bonchev–Trinajstić information content (AvgIpc) is 3.20. The fourth-order valence-corrected chi connectivity index (χ4v) is 9.28. The van der Waals surface area contributed by atoms with E-state index < -0.39 is 5.41 Å². The molecule has 0 atom stereocenters. The van der Waals surface area contributed by atoms with Gasteiger partial charge in [0.2, 0.25) is 0 Å². The molecule has 0 aromatic heterocycles. The third-order valence-corrected chi connectivity index (χ3v) is 13.6. The van der Waals surface area contributed by atoms with E-state index in [0.29, 0.717) is 30.8 Å². The molecule has 3 aliphatic rings. The fraction of sp³-hybridized carbons (Fsp3) is 0.688. The zero-order valence-corrected chi connectivity index (χ0v) is 34.7. The molecule has 2 aromatic rings. The van der Waals surface area contributed by atoms with Gasteiger partial charge in [-0.05, 0) is 154 Å². The van der Waals surface area contributed by atoms with Gasteiger partial charge in [0.25, 0.3) is 0 Å². The molecule has 0 radical (unpaired) electrons. The highest BCUT2D eigenvalue weighted by molar-refractivity contribution is 5.86. The number of aliphatic hydroxyl groups excluding tert-OH is 2. The SMILES string of the molecule is C=C(C)C(=O)OCCCc1cc(-c2ccc(OCC3CCC(C4CCC(CCC)CC4)CC3)cc2)c(CC)cc1OCC(CO)(CO)CCC1(CC)COC1. The molecular formula is C48H72O7. The Balaban J connectivity index is 1.22. The van der Waals surface area contributed by atoms with E-state index in [1.54, 1.807) is 6.92 Å². The van der Waals surface area contributed by atoms with Gasteiger partial charge >= 0.3 is 5.97 Å². The largest absolute Gasteiger partial charge is 0.493 e. The molecule has 55 heavy (non-hydrogen) atoms. The Hall–Kier alpha value is -2.87. The molecular weight excluding hydrogens is 689 g/mol. The number of benzene rings is 2. The third kappa shape index (κ3) is 11.8. The van der Waals surface area contributed by atoms with Crippen molar-refractivity contribution >= 4 is 5.97 Å². The molecule has 0 spiro atoms. The van der Waals surface area contributed by atoms with Crippen LogP contribution in [0, 0.1) is 34.5 Å². The zero-order chi connectivity index (χ0) is 39.3. The lowest BCUT2D eigenvalue weighted by Crippen LogP contribution is -2.45. The lowest BCUT2D eigenvalue weighted by molar-refractivity contribution is -0.139. The molecule has 0 amide bonds. The first-order valence-electron chi connectivity index (χ1n) is 21.8. The predicted molar refractivity (Wildman–Crippen MR) is 222 cm³/mol. The minimum atomic E-state index is -0.764. The smallest absolute Gasteiger partial charge is 0.333 e. The number of carbonyl (C=O) groups excluding carboxylic acids is 1. The Morgan fingerprint density at radius 3 is 2.09 bits per heavy atom. The molecule has 2 N–H and O–H groups in total. The van der Waals surface area contributed by atoms with Crippen LogP contribution in [-0.2, 0) is 27.1 Å². The number of aliphatic hydroxyl groups is 2. The molecule has 2 aromatic carbocycles. The van der Waals surface area contributed by atoms with Crippen LogP contribution in [0.4, 0.5) is 0 Å². The number of carbonyl (C=O) groups is 1. The Labute approximate surface area is 332 Å². The van der Waals surface area contributed by atoms with E-state index in [0.717, 1.165) is 90.6 Å². The van der Waals surface area contributed by atoms with Crippen LogP contribution in [0.2, 0.25) is 0 Å². The molecule has 5 rings (SSSR count). The van der Waals surface area contributed by atoms with E-state index >= 15 is 0 Å². The molecule has 1 saturated heterocycles. The van der Waals surface area contributed by atoms with Crippen molar-refractivity contribution in [1.29, 1.82) is 0 Å². The normalized spacial score (nSPS) is 22.4. The van der Waals surface area contributed by atoms with Crippen molar-refractivity contribution in [1.82, 2.24) is 0 Å². The molecule has 0 bridgehead atoms. The van der Waals surface area contributed by atoms with Crippen LogP contribution in [0.3, 0.4) is 0 Å². The van der Waals surface area contributed by atoms with E-state index in [4.69, 9.17) is 18.9 Å². The molecule has 7 nitrogen and oxygen atoms in total. The second-order valence-corrected chi connectivity index (χ2v) is 17.6. The Morgan fingerprint density at radius 1 is 0.891 bits per heavy atom. The molecule has 306 valence electrons. The first-order chi connectivity index (χ1) is 26.7. The predicted octanol–water partition coefficient (Wildman–Crippen LogP) is 10.3. The van der Waals surface area contributed by atoms with Gasteiger partial charge in [-0.1, -0.05) is 65.2 Å². The quantitative estimate of drug-likeness (QED) is 0.0701. The summed E-state index contributed by atoms with van der Waals surface area (Å²) >= 11 is 0. The van der Waals surface area contributed by atoms with Gasteiger partial charge in [0, 0.05) is 11.0 Å². The number of hydrogen-bond acceptors (Lipinski definition) is 7. The van der Waals surface area contributed by atoms with Gasteiger partial charge in [0.15, 0.2) is 0 Å². The first kappa shape index (κ1) is 43.3. The van der Waals surface area contributed by atoms with E-state index in [-0.39, 0.29) is 37.8 Å². The van der Waals surface area contributed by atoms with Crippen molar-refractivity contribution in [2.45, 2.75) is 130 Å². The van der Waals surface area contributed by atoms with Gasteiger partial charge in [0.05, 0.1) is 51.7 Å². The maximum Gasteiger partial charge on any atom is 0.333 e. The summed E-state index contributed by atoms with van der Waals surface area (Å²) in [7, 11) is 0. The second-order valence-electron chi connectivity index (χ2n) is 17.6. The van der Waals surface area contributed by atoms with Crippen molar-refractivity contribution in [3.8, 4) is 22.6 Å². The molecule has 1 heterocycles. The van der Waals surface area contributed by atoms with Crippen molar-refractivity contribution in [2.75, 3.05) is 46.2 Å². The van der Waals surface area contributed by atoms with Crippen molar-refractivity contribution in [3.05, 3.63) is 59.7 Å². The summed E-state index contributed by atoms with van der Waals surface area (Å²) in [6.07, 6.45) is 18.5. The van der Waals surface area contributed by atoms with Gasteiger partial charge in [-0.25, -0.2) is 4.79 Å². The fourth-order valence-electron chi connectivity index (χ4n) is 9.28. The highest BCUT2D eigenvalue weighted by Crippen LogP contribution is 2.43. The van der Waals surface area contributed by atoms with Gasteiger partial charge in [-0.15, -0.1) is 0 Å². The number of rotatable bonds is 22. The summed E-state index contributed by atoms with van der Waals surface area (Å²) in [5.74, 6) is 4.78. The summed E-state index contributed by atoms with van der Waals surface area (Å²) in [6, 6.07) is 12.8. The van der Waals surface area contributed by atoms with Crippen LogP contribution < -0.4 is 9.47 Å². The van der Waals surface area contributed by atoms with Crippen LogP contribution in [0.25, 0.3) is 11.1 Å². The lowest BCUT2D eigenvalue weighted by Gasteiger charge is -2.43. The van der Waals surface area contributed by atoms with Crippen molar-refractivity contribution < 1.29 is 34.0 Å². The van der Waals surface area contributed by atoms with Gasteiger partial charge in [-0.3, -0.25) is 0 Å². The maximum absolute atomic E-state index is 12.1. The Morgan fingerprint density at radius 2 is 1.55 bits per heavy atom. The minimum Gasteiger partial charge on any atom is -0.493 e. The number of ether oxygens (including phenoxy) is 4. The second kappa shape index (κ2) is 21.0. The monoisotopic (exact) mass is 761 g/mol. The summed E-state index contributed by atoms with van der Waals surface area (Å²) in [4.78, 5) is 12.1. The summed E-state index contributed by atoms with van der Waals surface area (Å²) in [5, 5.41) is 21.1. The lowest BCUT2D eigenvalue weighted by atomic mass is 9.69. The summed E-state index contributed by atoms with van der Waals surface area (Å²) in [6.45, 7) is 14.4. The van der Waals surface area contributed by atoms with Crippen LogP contribution in [0.5, 0.6) is 11.5 Å². The van der Waals surface area contributed by atoms with E-state index in [2.05, 4.69) is 63.7 Å². The van der Waals surface area contributed by atoms with Crippen LogP contribution >= 0.6 is 0 Å². The molecule has 3 fully saturated rings. The standard InChI is InChI=1S/C48H72O7/c1-6-10-36-12-16-39(17-13-36)40-18-14-37(15-19-40)29-54-43-22-20-41(21-23-43)44-27-42(11-9-26-53-46(51)35(4)5)45(28-38(44)7-2)55-34-48(30-49,31-50)25-24-47(8-3)32-52-33-47/h20-23,27-28,36-37,39-40,49-50H,4,6-19,24-26,29-34H2,1-3,5H3. The van der Waals surface area contributed by atoms with Crippen molar-refractivity contribution in [2.24, 2.45) is 34.5 Å². The topological polar surface area (TPSA) is 94.5 Å². The molecule has 1 aliphatic heterocycles. The molecule has 0 unspecified atom stereocenters. The number of esters is 1. The summed E-state index contributed by atoms with van der Waals surface area (Å²) < 4.78 is 23.9. The van der Waals surface area contributed by atoms with Gasteiger partial charge in [0.1, 0.15) is 11.5 Å². The third-order valence-electron chi connectivity index (χ3n) is 13.6. The molecule has 2 aliphatic carbocycles. The Kier molecular flexibility index (Phi) is 16.6. The molecule has 2 saturated carbocycles. The molecule has 7 heteroatoms. The Bertz CT molecular complexity index is 1470. The maximum atomic E-state index is 12.1. The van der Waals surface area contributed by atoms with E-state index in [9.17, 15) is 15.0 Å². The van der Waals surface area contributed by atoms with Crippen LogP contribution in [0.1, 0.15) is 129 Å². The number of aryl methyl sites for hydroxylation is 2. The minimum absolute atomic E-state index is 0.117. The highest BCUT2D eigenvalue weighted by atomic mass is 16.5.